The number of carbonyl (C=O) groups is 3. The number of anilines is 2. The molecule has 230 valence electrons. The number of benzene rings is 3. The Morgan fingerprint density at radius 1 is 0.884 bits per heavy atom. The number of nitrogens with two attached hydrogens (primary N) is 1. The van der Waals surface area contributed by atoms with E-state index in [1.807, 2.05) is 19.1 Å². The van der Waals surface area contributed by atoms with E-state index in [0.717, 1.165) is 5.56 Å². The molecule has 3 rings (SSSR count). The topological polar surface area (TPSA) is 146 Å². The molecule has 0 aliphatic carbocycles. The first-order valence-electron chi connectivity index (χ1n) is 13.5. The molecule has 1 unspecified atom stereocenters. The zero-order chi connectivity index (χ0) is 31.7. The van der Waals surface area contributed by atoms with Crippen LogP contribution in [0.25, 0.3) is 0 Å². The van der Waals surface area contributed by atoms with Gasteiger partial charge in [-0.05, 0) is 73.5 Å². The van der Waals surface area contributed by atoms with Gasteiger partial charge in [0, 0.05) is 59.8 Å². The summed E-state index contributed by atoms with van der Waals surface area (Å²) in [5.74, 6) is -1.05. The van der Waals surface area contributed by atoms with E-state index in [9.17, 15) is 18.6 Å². The van der Waals surface area contributed by atoms with Crippen molar-refractivity contribution < 1.29 is 18.6 Å². The highest BCUT2D eigenvalue weighted by Gasteiger charge is 2.18. The second kappa shape index (κ2) is 15.7. The van der Waals surface area contributed by atoms with Gasteiger partial charge in [0.2, 0.25) is 5.91 Å². The Kier molecular flexibility index (Phi) is 12.4. The van der Waals surface area contributed by atoms with Crippen LogP contribution in [-0.4, -0.2) is 54.4 Å². The van der Waals surface area contributed by atoms with Crippen molar-refractivity contribution in [2.24, 2.45) is 0 Å². The number of rotatable bonds is 13. The van der Waals surface area contributed by atoms with Crippen LogP contribution in [0.5, 0.6) is 0 Å². The van der Waals surface area contributed by atoms with Gasteiger partial charge in [-0.2, -0.15) is 0 Å². The fourth-order valence-electron chi connectivity index (χ4n) is 4.07. The molecule has 0 saturated carbocycles. The van der Waals surface area contributed by atoms with Crippen molar-refractivity contribution in [3.05, 3.63) is 93.0 Å². The monoisotopic (exact) mass is 646 g/mol. The van der Waals surface area contributed by atoms with E-state index in [0.29, 0.717) is 33.5 Å². The second-order valence-corrected chi connectivity index (χ2v) is 12.2. The molecular formula is C30H36Cl2N6O4S. The number of nitrogens with zero attached hydrogens (tertiary/aromatic N) is 1. The van der Waals surface area contributed by atoms with Gasteiger partial charge in [-0.3, -0.25) is 18.7 Å². The number of nitrogens with one attached hydrogen (secondary N) is 4. The molecule has 10 nitrogen and oxygen atoms in total. The van der Waals surface area contributed by atoms with Crippen LogP contribution >= 0.6 is 23.2 Å². The highest BCUT2D eigenvalue weighted by molar-refractivity contribution is 7.85. The van der Waals surface area contributed by atoms with E-state index in [1.54, 1.807) is 56.4 Å². The van der Waals surface area contributed by atoms with Crippen molar-refractivity contribution in [3.8, 4) is 0 Å². The Labute approximate surface area is 264 Å². The summed E-state index contributed by atoms with van der Waals surface area (Å²) in [6, 6.07) is 16.2. The first-order chi connectivity index (χ1) is 20.3. The summed E-state index contributed by atoms with van der Waals surface area (Å²) >= 11 is 12.1. The Hall–Kier alpha value is -3.64. The lowest BCUT2D eigenvalue weighted by Gasteiger charge is -2.19. The summed E-state index contributed by atoms with van der Waals surface area (Å²) < 4.78 is 13.6. The summed E-state index contributed by atoms with van der Waals surface area (Å²) in [4.78, 5) is 38.7. The van der Waals surface area contributed by atoms with Crippen LogP contribution in [-0.2, 0) is 22.3 Å². The Bertz CT molecular complexity index is 1470. The van der Waals surface area contributed by atoms with Crippen LogP contribution in [0.3, 0.4) is 0 Å². The van der Waals surface area contributed by atoms with Crippen molar-refractivity contribution in [2.45, 2.75) is 32.5 Å². The van der Waals surface area contributed by atoms with Gasteiger partial charge in [0.15, 0.2) is 0 Å². The third-order valence-corrected chi connectivity index (χ3v) is 8.04. The molecule has 6 N–H and O–H groups in total. The van der Waals surface area contributed by atoms with Crippen molar-refractivity contribution in [1.29, 1.82) is 0 Å². The molecule has 0 fully saturated rings. The molecule has 0 aliphatic rings. The second-order valence-electron chi connectivity index (χ2n) is 9.98. The quantitative estimate of drug-likeness (QED) is 0.141. The van der Waals surface area contributed by atoms with Crippen LogP contribution in [0.4, 0.5) is 11.4 Å². The lowest BCUT2D eigenvalue weighted by molar-refractivity contribution is -0.123. The summed E-state index contributed by atoms with van der Waals surface area (Å²) in [7, 11) is 0.214. The maximum absolute atomic E-state index is 13.0. The van der Waals surface area contributed by atoms with E-state index in [4.69, 9.17) is 28.9 Å². The minimum absolute atomic E-state index is 0.163. The van der Waals surface area contributed by atoms with Crippen LogP contribution in [0.1, 0.15) is 51.7 Å². The third-order valence-electron chi connectivity index (χ3n) is 6.62. The molecule has 3 atom stereocenters. The fraction of sp³-hybridized carbons (Fsp3) is 0.300. The molecule has 0 bridgehead atoms. The molecule has 0 aromatic heterocycles. The van der Waals surface area contributed by atoms with Gasteiger partial charge >= 0.3 is 0 Å². The largest absolute Gasteiger partial charge is 0.399 e. The molecule has 0 spiro atoms. The van der Waals surface area contributed by atoms with E-state index in [-0.39, 0.29) is 36.2 Å². The molecule has 0 heterocycles. The maximum atomic E-state index is 13.0. The molecule has 3 aromatic rings. The summed E-state index contributed by atoms with van der Waals surface area (Å²) in [6.07, 6.45) is 1.49. The van der Waals surface area contributed by atoms with E-state index in [1.165, 1.54) is 16.6 Å². The first kappa shape index (κ1) is 33.9. The van der Waals surface area contributed by atoms with Gasteiger partial charge in [0.1, 0.15) is 11.0 Å². The Morgan fingerprint density at radius 2 is 1.47 bits per heavy atom. The van der Waals surface area contributed by atoms with Crippen molar-refractivity contribution in [1.82, 2.24) is 21.3 Å². The molecular weight excluding hydrogens is 611 g/mol. The smallest absolute Gasteiger partial charge is 0.251 e. The van der Waals surface area contributed by atoms with E-state index < -0.39 is 28.8 Å². The van der Waals surface area contributed by atoms with Gasteiger partial charge in [-0.15, -0.1) is 0 Å². The average Bonchev–Trinajstić information content (AvgIpc) is 2.96. The van der Waals surface area contributed by atoms with Crippen LogP contribution in [0.2, 0.25) is 10.0 Å². The lowest BCUT2D eigenvalue weighted by Crippen LogP contribution is -2.45. The number of hydrogen-bond acceptors (Lipinski definition) is 6. The van der Waals surface area contributed by atoms with Gasteiger partial charge in [-0.1, -0.05) is 35.3 Å². The van der Waals surface area contributed by atoms with Gasteiger partial charge in [-0.25, -0.2) is 4.21 Å². The summed E-state index contributed by atoms with van der Waals surface area (Å²) in [6.45, 7) is 4.33. The SMILES string of the molecule is C[C@H](NCCNC(=O)c1cc(C(=O)NCc2cc(Cl)cc(Cl)c2)cc(N(C)S(C)=O)c1)C(=O)N[C@H](C)c1ccc(N)cc1. The standard InChI is InChI=1S/C30H36Cl2N6O4S/c1-18(21-5-7-26(33)8-6-21)37-28(39)19(2)34-9-10-35-29(40)22-13-23(15-27(14-22)38(3)43(4)42)30(41)36-17-20-11-24(31)16-25(32)12-20/h5-8,11-16,18-19,34H,9-10,17,33H2,1-4H3,(H,35,40)(H,36,41)(H,37,39)/t18-,19+,43?/m1/s1. The Balaban J connectivity index is 1.59. The predicted octanol–water partition coefficient (Wildman–Crippen LogP) is 3.82. The van der Waals surface area contributed by atoms with Gasteiger partial charge < -0.3 is 27.0 Å². The zero-order valence-electron chi connectivity index (χ0n) is 24.4. The lowest BCUT2D eigenvalue weighted by atomic mass is 10.1. The third kappa shape index (κ3) is 10.2. The van der Waals surface area contributed by atoms with Gasteiger partial charge in [0.25, 0.3) is 11.8 Å². The predicted molar refractivity (Wildman–Crippen MR) is 174 cm³/mol. The highest BCUT2D eigenvalue weighted by Crippen LogP contribution is 2.21. The van der Waals surface area contributed by atoms with Crippen molar-refractivity contribution in [3.63, 3.8) is 0 Å². The van der Waals surface area contributed by atoms with Crippen molar-refractivity contribution >= 4 is 63.3 Å². The summed E-state index contributed by atoms with van der Waals surface area (Å²) in [5.41, 5.74) is 8.89. The summed E-state index contributed by atoms with van der Waals surface area (Å²) in [5, 5.41) is 12.5. The van der Waals surface area contributed by atoms with Gasteiger partial charge in [0.05, 0.1) is 17.8 Å². The highest BCUT2D eigenvalue weighted by atomic mass is 35.5. The first-order valence-corrected chi connectivity index (χ1v) is 15.7. The van der Waals surface area contributed by atoms with E-state index >= 15 is 0 Å². The fourth-order valence-corrected chi connectivity index (χ4v) is 5.04. The number of nitrogen functional groups attached to an aromatic ring is 1. The number of halogens is 2. The van der Waals surface area contributed by atoms with Crippen LogP contribution < -0.4 is 31.3 Å². The maximum Gasteiger partial charge on any atom is 0.251 e. The molecule has 3 aromatic carbocycles. The van der Waals surface area contributed by atoms with Crippen molar-refractivity contribution in [2.75, 3.05) is 36.4 Å². The van der Waals surface area contributed by atoms with Crippen LogP contribution in [0.15, 0.2) is 60.7 Å². The molecule has 0 radical (unpaired) electrons. The number of hydrogen-bond donors (Lipinski definition) is 5. The molecule has 13 heteroatoms. The molecule has 3 amide bonds. The number of amides is 3. The van der Waals surface area contributed by atoms with E-state index in [2.05, 4.69) is 21.3 Å². The minimum atomic E-state index is -1.39. The zero-order valence-corrected chi connectivity index (χ0v) is 26.7. The molecule has 0 saturated heterocycles. The van der Waals surface area contributed by atoms with Crippen LogP contribution in [0, 0.1) is 0 Å². The Morgan fingerprint density at radius 3 is 2.05 bits per heavy atom. The minimum Gasteiger partial charge on any atom is -0.399 e. The molecule has 0 aliphatic heterocycles. The average molecular weight is 648 g/mol. The molecule has 43 heavy (non-hydrogen) atoms. The number of carbonyl (C=O) groups excluding carboxylic acids is 3. The normalized spacial score (nSPS) is 13.0.